The van der Waals surface area contributed by atoms with Gasteiger partial charge in [0.1, 0.15) is 10.7 Å². The molecule has 3 atom stereocenters. The molecule has 1 saturated heterocycles. The molecule has 27 heavy (non-hydrogen) atoms. The molecule has 0 spiro atoms. The number of aliphatic hydroxyl groups is 1. The number of sulfonamides is 1. The third-order valence-electron chi connectivity index (χ3n) is 5.42. The lowest BCUT2D eigenvalue weighted by molar-refractivity contribution is -0.147. The number of hydrogen-bond donors (Lipinski definition) is 1. The van der Waals surface area contributed by atoms with E-state index in [1.54, 1.807) is 24.3 Å². The standard InChI is InChI=1S/C19H19FN2O4S/c1-12(24)22-16-10-21(27(25,26)18-9-5-3-7-14(18)20)15-8-4-2-6-13(15)19(16)17(22)11-23/h2-9,16-17,19,23H,10-11H2,1H3/t16-,17-,19+/m1/s1. The van der Waals surface area contributed by atoms with Crippen LogP contribution in [0, 0.1) is 5.82 Å². The van der Waals surface area contributed by atoms with Crippen LogP contribution in [0.3, 0.4) is 0 Å². The van der Waals surface area contributed by atoms with Crippen molar-refractivity contribution in [2.45, 2.75) is 29.8 Å². The van der Waals surface area contributed by atoms with Gasteiger partial charge in [0.2, 0.25) is 5.91 Å². The van der Waals surface area contributed by atoms with Crippen molar-refractivity contribution >= 4 is 21.6 Å². The second kappa shape index (κ2) is 6.31. The van der Waals surface area contributed by atoms with Crippen molar-refractivity contribution in [1.82, 2.24) is 4.90 Å². The first-order chi connectivity index (χ1) is 12.9. The smallest absolute Gasteiger partial charge is 0.267 e. The number of likely N-dealkylation sites (tertiary alicyclic amines) is 1. The van der Waals surface area contributed by atoms with Gasteiger partial charge in [-0.1, -0.05) is 30.3 Å². The molecule has 1 amide bonds. The lowest BCUT2D eigenvalue weighted by Crippen LogP contribution is -2.70. The number of benzene rings is 2. The summed E-state index contributed by atoms with van der Waals surface area (Å²) in [5, 5.41) is 9.73. The highest BCUT2D eigenvalue weighted by Crippen LogP contribution is 2.49. The van der Waals surface area contributed by atoms with Crippen LogP contribution in [0.1, 0.15) is 18.4 Å². The van der Waals surface area contributed by atoms with Crippen LogP contribution in [0.2, 0.25) is 0 Å². The molecule has 0 radical (unpaired) electrons. The number of fused-ring (bicyclic) bond motifs is 3. The van der Waals surface area contributed by atoms with Gasteiger partial charge in [-0.15, -0.1) is 0 Å². The Labute approximate surface area is 156 Å². The fraction of sp³-hybridized carbons (Fsp3) is 0.316. The first-order valence-corrected chi connectivity index (χ1v) is 10.1. The zero-order valence-corrected chi connectivity index (χ0v) is 15.4. The second-order valence-electron chi connectivity index (χ2n) is 6.79. The SMILES string of the molecule is CC(=O)N1[C@H](CO)[C@H]2c3ccccc3N(S(=O)(=O)c3ccccc3F)C[C@H]21. The molecule has 8 heteroatoms. The number of amides is 1. The first-order valence-electron chi connectivity index (χ1n) is 8.64. The molecule has 2 aliphatic rings. The normalized spacial score (nSPS) is 24.0. The van der Waals surface area contributed by atoms with Crippen molar-refractivity contribution in [1.29, 1.82) is 0 Å². The van der Waals surface area contributed by atoms with Gasteiger partial charge in [-0.2, -0.15) is 0 Å². The number of carbonyl (C=O) groups is 1. The fourth-order valence-electron chi connectivity index (χ4n) is 4.30. The quantitative estimate of drug-likeness (QED) is 0.866. The maximum absolute atomic E-state index is 14.2. The Kier molecular flexibility index (Phi) is 4.20. The van der Waals surface area contributed by atoms with Gasteiger partial charge >= 0.3 is 0 Å². The molecular formula is C19H19FN2O4S. The third kappa shape index (κ3) is 2.55. The molecule has 0 aliphatic carbocycles. The minimum Gasteiger partial charge on any atom is -0.394 e. The summed E-state index contributed by atoms with van der Waals surface area (Å²) in [6, 6.07) is 11.5. The molecule has 1 N–H and O–H groups in total. The predicted octanol–water partition coefficient (Wildman–Crippen LogP) is 1.71. The topological polar surface area (TPSA) is 77.9 Å². The van der Waals surface area contributed by atoms with Crippen LogP contribution in [-0.4, -0.2) is 49.6 Å². The van der Waals surface area contributed by atoms with Gasteiger partial charge in [-0.05, 0) is 23.8 Å². The van der Waals surface area contributed by atoms with Gasteiger partial charge in [-0.25, -0.2) is 12.8 Å². The van der Waals surface area contributed by atoms with E-state index in [1.165, 1.54) is 34.3 Å². The molecule has 2 aromatic carbocycles. The van der Waals surface area contributed by atoms with E-state index in [0.717, 1.165) is 11.6 Å². The largest absolute Gasteiger partial charge is 0.394 e. The molecule has 0 bridgehead atoms. The molecule has 2 aliphatic heterocycles. The first kappa shape index (κ1) is 17.9. The highest BCUT2D eigenvalue weighted by atomic mass is 32.2. The number of para-hydroxylation sites is 1. The van der Waals surface area contributed by atoms with Crippen LogP contribution in [0.25, 0.3) is 0 Å². The Bertz CT molecular complexity index is 1010. The van der Waals surface area contributed by atoms with Crippen molar-refractivity contribution in [3.05, 3.63) is 59.9 Å². The van der Waals surface area contributed by atoms with E-state index in [-0.39, 0.29) is 31.0 Å². The van der Waals surface area contributed by atoms with E-state index < -0.39 is 26.8 Å². The minimum atomic E-state index is -4.14. The highest BCUT2D eigenvalue weighted by Gasteiger charge is 2.55. The molecule has 0 aromatic heterocycles. The predicted molar refractivity (Wildman–Crippen MR) is 97.3 cm³/mol. The average molecular weight is 390 g/mol. The molecule has 2 aromatic rings. The summed E-state index contributed by atoms with van der Waals surface area (Å²) in [6.07, 6.45) is 0. The Morgan fingerprint density at radius 3 is 2.52 bits per heavy atom. The van der Waals surface area contributed by atoms with E-state index in [4.69, 9.17) is 0 Å². The van der Waals surface area contributed by atoms with Crippen LogP contribution in [0.5, 0.6) is 0 Å². The summed E-state index contributed by atoms with van der Waals surface area (Å²) in [6.45, 7) is 1.22. The molecule has 142 valence electrons. The van der Waals surface area contributed by atoms with Crippen LogP contribution < -0.4 is 4.31 Å². The van der Waals surface area contributed by atoms with Crippen LogP contribution in [-0.2, 0) is 14.8 Å². The summed E-state index contributed by atoms with van der Waals surface area (Å²) in [5.41, 5.74) is 1.20. The molecule has 1 fully saturated rings. The van der Waals surface area contributed by atoms with E-state index in [9.17, 15) is 22.7 Å². The molecule has 6 nitrogen and oxygen atoms in total. The Morgan fingerprint density at radius 2 is 1.85 bits per heavy atom. The Balaban J connectivity index is 1.84. The van der Waals surface area contributed by atoms with Crippen LogP contribution in [0.15, 0.2) is 53.4 Å². The van der Waals surface area contributed by atoms with E-state index in [1.807, 2.05) is 0 Å². The van der Waals surface area contributed by atoms with Gasteiger partial charge < -0.3 is 10.0 Å². The number of carbonyl (C=O) groups excluding carboxylic acids is 1. The number of anilines is 1. The summed E-state index contributed by atoms with van der Waals surface area (Å²) >= 11 is 0. The van der Waals surface area contributed by atoms with Crippen molar-refractivity contribution in [3.8, 4) is 0 Å². The maximum Gasteiger partial charge on any atom is 0.267 e. The molecule has 0 unspecified atom stereocenters. The monoisotopic (exact) mass is 390 g/mol. The van der Waals surface area contributed by atoms with E-state index in [2.05, 4.69) is 0 Å². The van der Waals surface area contributed by atoms with Gasteiger partial charge in [0.05, 0.1) is 30.9 Å². The lowest BCUT2D eigenvalue weighted by Gasteiger charge is -2.58. The van der Waals surface area contributed by atoms with Crippen LogP contribution >= 0.6 is 0 Å². The van der Waals surface area contributed by atoms with Crippen molar-refractivity contribution in [3.63, 3.8) is 0 Å². The molecular weight excluding hydrogens is 371 g/mol. The lowest BCUT2D eigenvalue weighted by atomic mass is 9.72. The zero-order valence-electron chi connectivity index (χ0n) is 14.6. The van der Waals surface area contributed by atoms with Gasteiger partial charge in [0, 0.05) is 12.8 Å². The third-order valence-corrected chi connectivity index (χ3v) is 7.23. The Morgan fingerprint density at radius 1 is 1.19 bits per heavy atom. The summed E-state index contributed by atoms with van der Waals surface area (Å²) in [7, 11) is -4.14. The molecule has 0 saturated carbocycles. The highest BCUT2D eigenvalue weighted by molar-refractivity contribution is 7.92. The fourth-order valence-corrected chi connectivity index (χ4v) is 5.87. The van der Waals surface area contributed by atoms with E-state index in [0.29, 0.717) is 5.69 Å². The summed E-state index contributed by atoms with van der Waals surface area (Å²) < 4.78 is 41.8. The number of aliphatic hydroxyl groups excluding tert-OH is 1. The number of hydrogen-bond acceptors (Lipinski definition) is 4. The van der Waals surface area contributed by atoms with Crippen molar-refractivity contribution in [2.24, 2.45) is 0 Å². The molecule has 2 heterocycles. The zero-order chi connectivity index (χ0) is 19.3. The van der Waals surface area contributed by atoms with Gasteiger partial charge in [0.15, 0.2) is 0 Å². The van der Waals surface area contributed by atoms with Gasteiger partial charge in [-0.3, -0.25) is 9.10 Å². The summed E-state index contributed by atoms with van der Waals surface area (Å²) in [4.78, 5) is 13.2. The number of rotatable bonds is 3. The minimum absolute atomic E-state index is 0.0222. The average Bonchev–Trinajstić information content (AvgIpc) is 2.61. The second-order valence-corrected chi connectivity index (χ2v) is 8.63. The van der Waals surface area contributed by atoms with Crippen molar-refractivity contribution in [2.75, 3.05) is 17.5 Å². The number of nitrogens with zero attached hydrogens (tertiary/aromatic N) is 2. The van der Waals surface area contributed by atoms with Crippen LogP contribution in [0.4, 0.5) is 10.1 Å². The van der Waals surface area contributed by atoms with E-state index >= 15 is 0 Å². The van der Waals surface area contributed by atoms with Crippen molar-refractivity contribution < 1.29 is 22.7 Å². The van der Waals surface area contributed by atoms with Gasteiger partial charge in [0.25, 0.3) is 10.0 Å². The number of halogens is 1. The summed E-state index contributed by atoms with van der Waals surface area (Å²) in [5.74, 6) is -1.19. The molecule has 4 rings (SSSR count). The Hall–Kier alpha value is -2.45. The maximum atomic E-state index is 14.2.